The Kier molecular flexibility index (Phi) is 5.61. The van der Waals surface area contributed by atoms with Crippen LogP contribution in [0.25, 0.3) is 0 Å². The highest BCUT2D eigenvalue weighted by molar-refractivity contribution is 7.86. The number of rotatable bonds is 5. The Bertz CT molecular complexity index is 643. The molecule has 1 fully saturated rings. The van der Waals surface area contributed by atoms with Crippen LogP contribution in [0.15, 0.2) is 18.2 Å². The molecule has 0 bridgehead atoms. The minimum atomic E-state index is -3.62. The lowest BCUT2D eigenvalue weighted by atomic mass is 10.2. The van der Waals surface area contributed by atoms with Crippen LogP contribution >= 0.6 is 0 Å². The Labute approximate surface area is 137 Å². The van der Waals surface area contributed by atoms with E-state index in [1.54, 1.807) is 6.07 Å². The first-order chi connectivity index (χ1) is 10.7. The monoisotopic (exact) mass is 346 g/mol. The maximum Gasteiger partial charge on any atom is 0.282 e. The summed E-state index contributed by atoms with van der Waals surface area (Å²) in [6.07, 6.45) is -0.305. The highest BCUT2D eigenvalue weighted by Gasteiger charge is 2.33. The molecule has 0 radical (unpaired) electrons. The number of hydrogen-bond acceptors (Lipinski definition) is 4. The Morgan fingerprint density at radius 2 is 1.96 bits per heavy atom. The number of ether oxygens (including phenoxy) is 2. The minimum absolute atomic E-state index is 0.0867. The van der Waals surface area contributed by atoms with Crippen LogP contribution in [-0.4, -0.2) is 56.5 Å². The van der Waals surface area contributed by atoms with Crippen molar-refractivity contribution >= 4 is 10.2 Å². The summed E-state index contributed by atoms with van der Waals surface area (Å²) in [5.41, 5.74) is 0.559. The second-order valence-electron chi connectivity index (χ2n) is 5.81. The molecule has 130 valence electrons. The van der Waals surface area contributed by atoms with Crippen molar-refractivity contribution in [2.45, 2.75) is 32.6 Å². The number of methoxy groups -OCH3 is 1. The summed E-state index contributed by atoms with van der Waals surface area (Å²) in [5, 5.41) is 0. The smallest absolute Gasteiger partial charge is 0.282 e. The lowest BCUT2D eigenvalue weighted by Crippen LogP contribution is -2.52. The van der Waals surface area contributed by atoms with Gasteiger partial charge in [0.1, 0.15) is 0 Å². The molecule has 1 aromatic carbocycles. The first-order valence-electron chi connectivity index (χ1n) is 7.43. The number of benzene rings is 1. The molecule has 1 saturated heterocycles. The minimum Gasteiger partial charge on any atom is -0.494 e. The van der Waals surface area contributed by atoms with Crippen LogP contribution in [0, 0.1) is 5.82 Å². The average molecular weight is 346 g/mol. The molecule has 1 aromatic rings. The Hall–Kier alpha value is -1.22. The van der Waals surface area contributed by atoms with E-state index in [9.17, 15) is 12.8 Å². The third-order valence-electron chi connectivity index (χ3n) is 3.73. The van der Waals surface area contributed by atoms with Gasteiger partial charge < -0.3 is 9.47 Å². The molecule has 1 aliphatic heterocycles. The van der Waals surface area contributed by atoms with Crippen molar-refractivity contribution in [3.63, 3.8) is 0 Å². The summed E-state index contributed by atoms with van der Waals surface area (Å²) in [7, 11) is -0.749. The highest BCUT2D eigenvalue weighted by atomic mass is 32.2. The third-order valence-corrected chi connectivity index (χ3v) is 5.60. The fraction of sp³-hybridized carbons (Fsp3) is 0.600. The normalized spacial score (nSPS) is 23.2. The number of hydrogen-bond donors (Lipinski definition) is 0. The molecule has 2 rings (SSSR count). The lowest BCUT2D eigenvalue weighted by molar-refractivity contribution is -0.0453. The summed E-state index contributed by atoms with van der Waals surface area (Å²) >= 11 is 0. The van der Waals surface area contributed by atoms with Crippen LogP contribution in [0.2, 0.25) is 0 Å². The molecule has 0 aromatic heterocycles. The average Bonchev–Trinajstić information content (AvgIpc) is 2.46. The van der Waals surface area contributed by atoms with Crippen LogP contribution in [0.3, 0.4) is 0 Å². The Morgan fingerprint density at radius 3 is 2.48 bits per heavy atom. The predicted octanol–water partition coefficient (Wildman–Crippen LogP) is 1.62. The van der Waals surface area contributed by atoms with E-state index in [2.05, 4.69) is 0 Å². The molecule has 0 N–H and O–H groups in total. The van der Waals surface area contributed by atoms with E-state index in [0.717, 1.165) is 0 Å². The summed E-state index contributed by atoms with van der Waals surface area (Å²) in [6, 6.07) is 4.43. The van der Waals surface area contributed by atoms with Gasteiger partial charge in [-0.2, -0.15) is 17.0 Å². The molecule has 6 nitrogen and oxygen atoms in total. The van der Waals surface area contributed by atoms with E-state index in [1.165, 1.54) is 34.9 Å². The van der Waals surface area contributed by atoms with Crippen LogP contribution in [0.5, 0.6) is 5.75 Å². The Balaban J connectivity index is 2.12. The molecule has 0 spiro atoms. The quantitative estimate of drug-likeness (QED) is 0.813. The van der Waals surface area contributed by atoms with Gasteiger partial charge in [-0.1, -0.05) is 6.07 Å². The second kappa shape index (κ2) is 7.12. The van der Waals surface area contributed by atoms with Crippen molar-refractivity contribution in [3.8, 4) is 5.75 Å². The van der Waals surface area contributed by atoms with Gasteiger partial charge in [0, 0.05) is 26.7 Å². The zero-order valence-corrected chi connectivity index (χ0v) is 14.6. The summed E-state index contributed by atoms with van der Waals surface area (Å²) < 4.78 is 52.1. The number of halogens is 1. The topological polar surface area (TPSA) is 59.1 Å². The Morgan fingerprint density at radius 1 is 1.35 bits per heavy atom. The van der Waals surface area contributed by atoms with Crippen LogP contribution in [0.1, 0.15) is 19.4 Å². The van der Waals surface area contributed by atoms with E-state index in [1.807, 2.05) is 13.8 Å². The molecule has 1 aliphatic rings. The molecule has 0 amide bonds. The zero-order valence-electron chi connectivity index (χ0n) is 13.8. The van der Waals surface area contributed by atoms with Crippen LogP contribution < -0.4 is 4.74 Å². The summed E-state index contributed by atoms with van der Waals surface area (Å²) in [4.78, 5) is 0. The van der Waals surface area contributed by atoms with Crippen molar-refractivity contribution in [2.24, 2.45) is 0 Å². The fourth-order valence-electron chi connectivity index (χ4n) is 2.66. The summed E-state index contributed by atoms with van der Waals surface area (Å²) in [6.45, 7) is 4.40. The first-order valence-corrected chi connectivity index (χ1v) is 8.83. The van der Waals surface area contributed by atoms with Crippen molar-refractivity contribution in [1.82, 2.24) is 8.61 Å². The first kappa shape index (κ1) is 18.1. The van der Waals surface area contributed by atoms with Gasteiger partial charge in [0.15, 0.2) is 11.6 Å². The van der Waals surface area contributed by atoms with Gasteiger partial charge in [-0.05, 0) is 31.5 Å². The fourth-order valence-corrected chi connectivity index (χ4v) is 4.17. The molecule has 0 aliphatic carbocycles. The van der Waals surface area contributed by atoms with Crippen LogP contribution in [-0.2, 0) is 21.5 Å². The van der Waals surface area contributed by atoms with Crippen molar-refractivity contribution < 1.29 is 22.3 Å². The molecular formula is C15H23FN2O4S. The maximum atomic E-state index is 13.7. The van der Waals surface area contributed by atoms with E-state index < -0.39 is 16.0 Å². The van der Waals surface area contributed by atoms with Gasteiger partial charge in [0.2, 0.25) is 0 Å². The number of nitrogens with zero attached hydrogens (tertiary/aromatic N) is 2. The van der Waals surface area contributed by atoms with Crippen molar-refractivity contribution in [3.05, 3.63) is 29.6 Å². The predicted molar refractivity (Wildman–Crippen MR) is 84.9 cm³/mol. The molecule has 0 saturated carbocycles. The third kappa shape index (κ3) is 4.20. The van der Waals surface area contributed by atoms with Gasteiger partial charge in [0.25, 0.3) is 10.2 Å². The zero-order chi connectivity index (χ0) is 17.2. The van der Waals surface area contributed by atoms with E-state index in [4.69, 9.17) is 9.47 Å². The van der Waals surface area contributed by atoms with Crippen molar-refractivity contribution in [2.75, 3.05) is 27.2 Å². The van der Waals surface area contributed by atoms with Gasteiger partial charge in [-0.15, -0.1) is 0 Å². The number of morpholine rings is 1. The van der Waals surface area contributed by atoms with Gasteiger partial charge >= 0.3 is 0 Å². The lowest BCUT2D eigenvalue weighted by Gasteiger charge is -2.36. The van der Waals surface area contributed by atoms with Gasteiger partial charge in [-0.3, -0.25) is 0 Å². The molecule has 1 heterocycles. The van der Waals surface area contributed by atoms with Crippen molar-refractivity contribution in [1.29, 1.82) is 0 Å². The SMILES string of the molecule is COc1ccc(CN(C)S(=O)(=O)N2C[C@H](C)O[C@@H](C)C2)cc1F. The van der Waals surface area contributed by atoms with E-state index >= 15 is 0 Å². The van der Waals surface area contributed by atoms with Gasteiger partial charge in [0.05, 0.1) is 19.3 Å². The molecule has 0 unspecified atom stereocenters. The van der Waals surface area contributed by atoms with Gasteiger partial charge in [-0.25, -0.2) is 4.39 Å². The summed E-state index contributed by atoms with van der Waals surface area (Å²) in [5.74, 6) is -0.375. The van der Waals surface area contributed by atoms with E-state index in [0.29, 0.717) is 18.7 Å². The van der Waals surface area contributed by atoms with Crippen LogP contribution in [0.4, 0.5) is 4.39 Å². The highest BCUT2D eigenvalue weighted by Crippen LogP contribution is 2.21. The second-order valence-corrected chi connectivity index (χ2v) is 7.84. The molecular weight excluding hydrogens is 323 g/mol. The molecule has 23 heavy (non-hydrogen) atoms. The maximum absolute atomic E-state index is 13.7. The molecule has 2 atom stereocenters. The standard InChI is InChI=1S/C15H23FN2O4S/c1-11-8-18(9-12(2)22-11)23(19,20)17(3)10-13-5-6-15(21-4)14(16)7-13/h5-7,11-12H,8-10H2,1-4H3/t11-,12-/m0/s1. The largest absolute Gasteiger partial charge is 0.494 e. The molecule has 8 heteroatoms. The van der Waals surface area contributed by atoms with E-state index in [-0.39, 0.29) is 24.5 Å².